The Labute approximate surface area is 307 Å². The van der Waals surface area contributed by atoms with E-state index in [9.17, 15) is 9.90 Å². The molecule has 0 radical (unpaired) electrons. The van der Waals surface area contributed by atoms with Crippen molar-refractivity contribution in [1.29, 1.82) is 0 Å². The van der Waals surface area contributed by atoms with Gasteiger partial charge in [-0.3, -0.25) is 4.79 Å². The third-order valence-electron chi connectivity index (χ3n) is 9.78. The molecule has 0 heterocycles. The molecule has 0 rings (SSSR count). The highest BCUT2D eigenvalue weighted by Gasteiger charge is 2.13. The van der Waals surface area contributed by atoms with Crippen molar-refractivity contribution in [3.05, 3.63) is 24.3 Å². The SMILES string of the molecule is CCCCCCC/C=C\C/C=C\CCCCCCCCCCCCCCOCC(CO)OC(=O)CCCCCCCCCCCCCCC. The molecule has 4 heteroatoms. The van der Waals surface area contributed by atoms with E-state index in [1.807, 2.05) is 0 Å². The molecule has 0 amide bonds. The van der Waals surface area contributed by atoms with Crippen molar-refractivity contribution in [3.63, 3.8) is 0 Å². The van der Waals surface area contributed by atoms with E-state index in [2.05, 4.69) is 38.2 Å². The molecule has 0 aromatic carbocycles. The summed E-state index contributed by atoms with van der Waals surface area (Å²) in [6.45, 7) is 5.36. The van der Waals surface area contributed by atoms with E-state index >= 15 is 0 Å². The van der Waals surface area contributed by atoms with Crippen LogP contribution in [0, 0.1) is 0 Å². The van der Waals surface area contributed by atoms with Gasteiger partial charge in [0, 0.05) is 13.0 Å². The number of ether oxygens (including phenoxy) is 2. The molecule has 0 aliphatic rings. The molecule has 0 aromatic heterocycles. The Morgan fingerprint density at radius 1 is 0.490 bits per heavy atom. The highest BCUT2D eigenvalue weighted by Crippen LogP contribution is 2.15. The second kappa shape index (κ2) is 43.0. The number of allylic oxidation sites excluding steroid dienone is 4. The van der Waals surface area contributed by atoms with Gasteiger partial charge in [-0.1, -0.05) is 205 Å². The zero-order chi connectivity index (χ0) is 35.6. The third kappa shape index (κ3) is 41.2. The molecule has 0 bridgehead atoms. The molecular formula is C45H86O4. The Kier molecular flexibility index (Phi) is 42.0. The van der Waals surface area contributed by atoms with Crippen LogP contribution in [0.25, 0.3) is 0 Å². The van der Waals surface area contributed by atoms with Crippen molar-refractivity contribution < 1.29 is 19.4 Å². The maximum absolute atomic E-state index is 12.2. The van der Waals surface area contributed by atoms with Crippen LogP contribution >= 0.6 is 0 Å². The van der Waals surface area contributed by atoms with Crippen molar-refractivity contribution in [1.82, 2.24) is 0 Å². The molecule has 0 aliphatic carbocycles. The van der Waals surface area contributed by atoms with Crippen LogP contribution in [0.1, 0.15) is 232 Å². The average Bonchev–Trinajstić information content (AvgIpc) is 3.11. The zero-order valence-electron chi connectivity index (χ0n) is 33.2. The topological polar surface area (TPSA) is 55.8 Å². The summed E-state index contributed by atoms with van der Waals surface area (Å²) < 4.78 is 11.2. The van der Waals surface area contributed by atoms with E-state index in [4.69, 9.17) is 9.47 Å². The maximum atomic E-state index is 12.2. The Bertz CT molecular complexity index is 688. The van der Waals surface area contributed by atoms with Gasteiger partial charge in [0.05, 0.1) is 13.2 Å². The average molecular weight is 691 g/mol. The summed E-state index contributed by atoms with van der Waals surface area (Å²) in [6, 6.07) is 0. The lowest BCUT2D eigenvalue weighted by atomic mass is 10.0. The van der Waals surface area contributed by atoms with E-state index in [0.717, 1.165) is 25.7 Å². The third-order valence-corrected chi connectivity index (χ3v) is 9.78. The number of carbonyl (C=O) groups is 1. The number of carbonyl (C=O) groups excluding carboxylic acids is 1. The Hall–Kier alpha value is -1.13. The molecule has 0 aromatic rings. The number of hydrogen-bond acceptors (Lipinski definition) is 4. The maximum Gasteiger partial charge on any atom is 0.306 e. The first-order valence-corrected chi connectivity index (χ1v) is 21.9. The van der Waals surface area contributed by atoms with Crippen LogP contribution in [0.3, 0.4) is 0 Å². The summed E-state index contributed by atoms with van der Waals surface area (Å²) in [7, 11) is 0. The molecule has 0 fully saturated rings. The quantitative estimate of drug-likeness (QED) is 0.0394. The minimum atomic E-state index is -0.529. The largest absolute Gasteiger partial charge is 0.457 e. The van der Waals surface area contributed by atoms with Gasteiger partial charge < -0.3 is 14.6 Å². The van der Waals surface area contributed by atoms with Crippen molar-refractivity contribution in [3.8, 4) is 0 Å². The van der Waals surface area contributed by atoms with Gasteiger partial charge in [-0.25, -0.2) is 0 Å². The van der Waals surface area contributed by atoms with E-state index in [1.165, 1.54) is 186 Å². The fraction of sp³-hybridized carbons (Fsp3) is 0.889. The van der Waals surface area contributed by atoms with Gasteiger partial charge in [0.25, 0.3) is 0 Å². The number of aliphatic hydroxyl groups is 1. The summed E-state index contributed by atoms with van der Waals surface area (Å²) in [5.41, 5.74) is 0. The number of rotatable bonds is 41. The predicted molar refractivity (Wildman–Crippen MR) is 214 cm³/mol. The van der Waals surface area contributed by atoms with Gasteiger partial charge in [-0.15, -0.1) is 0 Å². The van der Waals surface area contributed by atoms with Crippen molar-refractivity contribution in [2.45, 2.75) is 238 Å². The molecular weight excluding hydrogens is 604 g/mol. The lowest BCUT2D eigenvalue weighted by Crippen LogP contribution is -2.27. The summed E-state index contributed by atoms with van der Waals surface area (Å²) in [6.07, 6.45) is 52.4. The second-order valence-corrected chi connectivity index (χ2v) is 14.8. The minimum Gasteiger partial charge on any atom is -0.457 e. The molecule has 1 N–H and O–H groups in total. The summed E-state index contributed by atoms with van der Waals surface area (Å²) >= 11 is 0. The fourth-order valence-corrected chi connectivity index (χ4v) is 6.48. The van der Waals surface area contributed by atoms with Gasteiger partial charge in [-0.05, 0) is 44.9 Å². The predicted octanol–water partition coefficient (Wildman–Crippen LogP) is 14.3. The number of aliphatic hydroxyl groups excluding tert-OH is 1. The standard InChI is InChI=1S/C45H86O4/c1-3-5-7-9-11-13-15-17-18-19-20-21-22-23-24-25-26-27-29-31-33-35-37-39-41-48-43-44(42-46)49-45(47)40-38-36-34-32-30-28-16-14-12-10-8-6-4-2/h15,17,19-20,44,46H,3-14,16,18,21-43H2,1-2H3/b17-15-,20-19-. The molecule has 4 nitrogen and oxygen atoms in total. The van der Waals surface area contributed by atoms with Crippen molar-refractivity contribution >= 4 is 5.97 Å². The van der Waals surface area contributed by atoms with Gasteiger partial charge >= 0.3 is 5.97 Å². The molecule has 0 spiro atoms. The number of unbranched alkanes of at least 4 members (excludes halogenated alkanes) is 29. The van der Waals surface area contributed by atoms with E-state index in [0.29, 0.717) is 19.6 Å². The van der Waals surface area contributed by atoms with Gasteiger partial charge in [0.2, 0.25) is 0 Å². The Balaban J connectivity index is 3.37. The van der Waals surface area contributed by atoms with E-state index in [1.54, 1.807) is 0 Å². The molecule has 1 atom stereocenters. The Morgan fingerprint density at radius 2 is 0.857 bits per heavy atom. The van der Waals surface area contributed by atoms with Crippen LogP contribution in [0.2, 0.25) is 0 Å². The normalized spacial score (nSPS) is 12.5. The minimum absolute atomic E-state index is 0.168. The highest BCUT2D eigenvalue weighted by atomic mass is 16.6. The van der Waals surface area contributed by atoms with Gasteiger partial charge in [0.15, 0.2) is 0 Å². The Morgan fingerprint density at radius 3 is 1.27 bits per heavy atom. The van der Waals surface area contributed by atoms with E-state index in [-0.39, 0.29) is 12.6 Å². The molecule has 0 saturated heterocycles. The molecule has 290 valence electrons. The van der Waals surface area contributed by atoms with Crippen LogP contribution in [0.5, 0.6) is 0 Å². The van der Waals surface area contributed by atoms with Crippen LogP contribution < -0.4 is 0 Å². The number of esters is 1. The van der Waals surface area contributed by atoms with Crippen LogP contribution in [0.15, 0.2) is 24.3 Å². The summed E-state index contributed by atoms with van der Waals surface area (Å²) in [5.74, 6) is -0.198. The first-order valence-electron chi connectivity index (χ1n) is 21.9. The summed E-state index contributed by atoms with van der Waals surface area (Å²) in [4.78, 5) is 12.2. The van der Waals surface area contributed by atoms with Crippen LogP contribution in [-0.4, -0.2) is 37.0 Å². The lowest BCUT2D eigenvalue weighted by molar-refractivity contribution is -0.154. The van der Waals surface area contributed by atoms with Gasteiger partial charge in [0.1, 0.15) is 6.10 Å². The molecule has 49 heavy (non-hydrogen) atoms. The smallest absolute Gasteiger partial charge is 0.306 e. The monoisotopic (exact) mass is 691 g/mol. The van der Waals surface area contributed by atoms with Crippen LogP contribution in [-0.2, 0) is 14.3 Å². The van der Waals surface area contributed by atoms with E-state index < -0.39 is 6.10 Å². The van der Waals surface area contributed by atoms with Crippen LogP contribution in [0.4, 0.5) is 0 Å². The summed E-state index contributed by atoms with van der Waals surface area (Å²) in [5, 5.41) is 9.59. The lowest BCUT2D eigenvalue weighted by Gasteiger charge is -2.16. The molecule has 0 aliphatic heterocycles. The van der Waals surface area contributed by atoms with Crippen molar-refractivity contribution in [2.75, 3.05) is 19.8 Å². The zero-order valence-corrected chi connectivity index (χ0v) is 33.2. The second-order valence-electron chi connectivity index (χ2n) is 14.8. The molecule has 1 unspecified atom stereocenters. The highest BCUT2D eigenvalue weighted by molar-refractivity contribution is 5.69. The van der Waals surface area contributed by atoms with Gasteiger partial charge in [-0.2, -0.15) is 0 Å². The number of hydrogen-bond donors (Lipinski definition) is 1. The van der Waals surface area contributed by atoms with Crippen molar-refractivity contribution in [2.24, 2.45) is 0 Å². The molecule has 0 saturated carbocycles. The first-order chi connectivity index (χ1) is 24.2. The fourth-order valence-electron chi connectivity index (χ4n) is 6.48. The first kappa shape index (κ1) is 47.9.